The van der Waals surface area contributed by atoms with Gasteiger partial charge in [0.2, 0.25) is 0 Å². The van der Waals surface area contributed by atoms with Gasteiger partial charge in [0.1, 0.15) is 15.8 Å². The van der Waals surface area contributed by atoms with Gasteiger partial charge in [0.15, 0.2) is 17.2 Å². The lowest BCUT2D eigenvalue weighted by atomic mass is 10.3. The molecule has 0 spiro atoms. The Hall–Kier alpha value is -1.68. The standard InChI is InChI=1S/C14H11BrF3N5S/c1-3-24-8-4-5-10(15)20-11(8)13-19-7-6-9(14(16,17)18)21-22-12(7)23(13)2/h4-6H,3H2,1-2H3. The second kappa shape index (κ2) is 6.32. The van der Waals surface area contributed by atoms with Gasteiger partial charge in [-0.05, 0) is 33.8 Å². The summed E-state index contributed by atoms with van der Waals surface area (Å²) in [5, 5.41) is 6.93. The molecule has 0 aliphatic rings. The third kappa shape index (κ3) is 3.12. The van der Waals surface area contributed by atoms with Crippen molar-refractivity contribution in [2.75, 3.05) is 5.75 Å². The maximum Gasteiger partial charge on any atom is 0.435 e. The zero-order chi connectivity index (χ0) is 17.5. The number of alkyl halides is 3. The van der Waals surface area contributed by atoms with E-state index in [9.17, 15) is 13.2 Å². The molecule has 0 aliphatic carbocycles. The number of hydrogen-bond acceptors (Lipinski definition) is 5. The average Bonchev–Trinajstić information content (AvgIpc) is 2.85. The summed E-state index contributed by atoms with van der Waals surface area (Å²) in [4.78, 5) is 9.63. The highest BCUT2D eigenvalue weighted by molar-refractivity contribution is 9.10. The van der Waals surface area contributed by atoms with Gasteiger partial charge in [0, 0.05) is 18.0 Å². The van der Waals surface area contributed by atoms with Gasteiger partial charge >= 0.3 is 6.18 Å². The van der Waals surface area contributed by atoms with Crippen molar-refractivity contribution in [2.24, 2.45) is 7.05 Å². The van der Waals surface area contributed by atoms with Gasteiger partial charge in [-0.25, -0.2) is 9.97 Å². The first-order valence-electron chi connectivity index (χ1n) is 6.88. The van der Waals surface area contributed by atoms with E-state index < -0.39 is 11.9 Å². The van der Waals surface area contributed by atoms with Gasteiger partial charge in [-0.3, -0.25) is 0 Å². The van der Waals surface area contributed by atoms with Crippen molar-refractivity contribution in [1.82, 2.24) is 24.7 Å². The zero-order valence-electron chi connectivity index (χ0n) is 12.6. The van der Waals surface area contributed by atoms with Crippen LogP contribution in [0.1, 0.15) is 12.6 Å². The Morgan fingerprint density at radius 1 is 1.21 bits per heavy atom. The van der Waals surface area contributed by atoms with Crippen molar-refractivity contribution in [3.8, 4) is 11.5 Å². The molecular formula is C14H11BrF3N5S. The van der Waals surface area contributed by atoms with Crippen molar-refractivity contribution >= 4 is 38.9 Å². The highest BCUT2D eigenvalue weighted by Gasteiger charge is 2.34. The summed E-state index contributed by atoms with van der Waals surface area (Å²) in [6, 6.07) is 4.61. The van der Waals surface area contributed by atoms with Crippen molar-refractivity contribution in [2.45, 2.75) is 18.0 Å². The topological polar surface area (TPSA) is 56.5 Å². The molecule has 0 saturated heterocycles. The molecule has 3 aromatic heterocycles. The quantitative estimate of drug-likeness (QED) is 0.469. The lowest BCUT2D eigenvalue weighted by molar-refractivity contribution is -0.141. The molecule has 0 fully saturated rings. The van der Waals surface area contributed by atoms with E-state index in [-0.39, 0.29) is 11.2 Å². The van der Waals surface area contributed by atoms with Crippen LogP contribution in [0.4, 0.5) is 13.2 Å². The Bertz CT molecular complexity index is 909. The summed E-state index contributed by atoms with van der Waals surface area (Å²) < 4.78 is 40.6. The molecule has 126 valence electrons. The molecule has 0 aromatic carbocycles. The van der Waals surface area contributed by atoms with Gasteiger partial charge in [-0.1, -0.05) is 6.92 Å². The van der Waals surface area contributed by atoms with Crippen LogP contribution in [0.15, 0.2) is 27.7 Å². The van der Waals surface area contributed by atoms with E-state index in [2.05, 4.69) is 36.1 Å². The molecule has 5 nitrogen and oxygen atoms in total. The normalized spacial score (nSPS) is 12.1. The molecule has 24 heavy (non-hydrogen) atoms. The summed E-state index contributed by atoms with van der Waals surface area (Å²) in [7, 11) is 1.68. The van der Waals surface area contributed by atoms with Gasteiger partial charge in [0.25, 0.3) is 0 Å². The Kier molecular flexibility index (Phi) is 4.52. The van der Waals surface area contributed by atoms with E-state index >= 15 is 0 Å². The molecule has 3 rings (SSSR count). The third-order valence-electron chi connectivity index (χ3n) is 3.24. The van der Waals surface area contributed by atoms with Crippen LogP contribution in [0.3, 0.4) is 0 Å². The molecule has 0 aliphatic heterocycles. The number of halogens is 4. The number of rotatable bonds is 3. The lowest BCUT2D eigenvalue weighted by Gasteiger charge is -2.07. The minimum absolute atomic E-state index is 0.129. The summed E-state index contributed by atoms with van der Waals surface area (Å²) in [6.45, 7) is 2.01. The predicted octanol–water partition coefficient (Wildman–Crippen LogP) is 4.32. The summed E-state index contributed by atoms with van der Waals surface area (Å²) in [5.41, 5.74) is -0.0773. The molecule has 0 N–H and O–H groups in total. The van der Waals surface area contributed by atoms with Crippen molar-refractivity contribution in [3.05, 3.63) is 28.5 Å². The van der Waals surface area contributed by atoms with Crippen LogP contribution in [0.25, 0.3) is 22.7 Å². The number of fused-ring (bicyclic) bond motifs is 1. The van der Waals surface area contributed by atoms with Gasteiger partial charge in [-0.15, -0.1) is 22.0 Å². The van der Waals surface area contributed by atoms with Gasteiger partial charge < -0.3 is 4.57 Å². The Morgan fingerprint density at radius 3 is 2.62 bits per heavy atom. The van der Waals surface area contributed by atoms with E-state index in [1.54, 1.807) is 23.4 Å². The Morgan fingerprint density at radius 2 is 1.96 bits per heavy atom. The molecule has 0 bridgehead atoms. The van der Waals surface area contributed by atoms with Crippen LogP contribution < -0.4 is 0 Å². The Balaban J connectivity index is 2.21. The molecule has 3 heterocycles. The zero-order valence-corrected chi connectivity index (χ0v) is 15.0. The molecule has 3 aromatic rings. The molecule has 0 saturated carbocycles. The maximum atomic E-state index is 12.8. The van der Waals surface area contributed by atoms with E-state index in [1.807, 2.05) is 19.1 Å². The fourth-order valence-corrected chi connectivity index (χ4v) is 3.25. The SMILES string of the molecule is CCSc1ccc(Br)nc1-c1nc2cc(C(F)(F)F)nnc2n1C. The van der Waals surface area contributed by atoms with Crippen LogP contribution in [-0.2, 0) is 13.2 Å². The monoisotopic (exact) mass is 417 g/mol. The number of thioether (sulfide) groups is 1. The second-order valence-corrected chi connectivity index (χ2v) is 6.96. The van der Waals surface area contributed by atoms with E-state index in [0.717, 1.165) is 16.7 Å². The first-order chi connectivity index (χ1) is 11.3. The fourth-order valence-electron chi connectivity index (χ4n) is 2.19. The first kappa shape index (κ1) is 17.2. The number of pyridine rings is 1. The van der Waals surface area contributed by atoms with Crippen molar-refractivity contribution in [3.63, 3.8) is 0 Å². The molecule has 10 heteroatoms. The number of aromatic nitrogens is 5. The number of nitrogens with zero attached hydrogens (tertiary/aromatic N) is 5. The van der Waals surface area contributed by atoms with E-state index in [0.29, 0.717) is 16.1 Å². The molecule has 0 radical (unpaired) electrons. The van der Waals surface area contributed by atoms with Crippen molar-refractivity contribution < 1.29 is 13.2 Å². The van der Waals surface area contributed by atoms with Crippen LogP contribution in [0.5, 0.6) is 0 Å². The number of hydrogen-bond donors (Lipinski definition) is 0. The summed E-state index contributed by atoms with van der Waals surface area (Å²) >= 11 is 4.90. The minimum atomic E-state index is -4.56. The summed E-state index contributed by atoms with van der Waals surface area (Å²) in [6.07, 6.45) is -4.56. The number of imidazole rings is 1. The van der Waals surface area contributed by atoms with Crippen LogP contribution in [0, 0.1) is 0 Å². The maximum absolute atomic E-state index is 12.8. The third-order valence-corrected chi connectivity index (χ3v) is 4.61. The molecule has 0 amide bonds. The minimum Gasteiger partial charge on any atom is -0.309 e. The molecular weight excluding hydrogens is 407 g/mol. The fraction of sp³-hybridized carbons (Fsp3) is 0.286. The smallest absolute Gasteiger partial charge is 0.309 e. The van der Waals surface area contributed by atoms with Crippen LogP contribution >= 0.6 is 27.7 Å². The van der Waals surface area contributed by atoms with E-state index in [1.165, 1.54) is 0 Å². The Labute approximate surface area is 147 Å². The molecule has 0 unspecified atom stereocenters. The van der Waals surface area contributed by atoms with Crippen LogP contribution in [0.2, 0.25) is 0 Å². The van der Waals surface area contributed by atoms with E-state index in [4.69, 9.17) is 0 Å². The number of aryl methyl sites for hydroxylation is 1. The van der Waals surface area contributed by atoms with Crippen LogP contribution in [-0.4, -0.2) is 30.5 Å². The predicted molar refractivity (Wildman–Crippen MR) is 88.6 cm³/mol. The highest BCUT2D eigenvalue weighted by Crippen LogP contribution is 2.33. The lowest BCUT2D eigenvalue weighted by Crippen LogP contribution is -2.09. The average molecular weight is 418 g/mol. The largest absolute Gasteiger partial charge is 0.435 e. The first-order valence-corrected chi connectivity index (χ1v) is 8.66. The van der Waals surface area contributed by atoms with Gasteiger partial charge in [0.05, 0.1) is 0 Å². The highest BCUT2D eigenvalue weighted by atomic mass is 79.9. The summed E-state index contributed by atoms with van der Waals surface area (Å²) in [5.74, 6) is 1.27. The second-order valence-electron chi connectivity index (χ2n) is 4.84. The van der Waals surface area contributed by atoms with Gasteiger partial charge in [-0.2, -0.15) is 13.2 Å². The van der Waals surface area contributed by atoms with Crippen molar-refractivity contribution in [1.29, 1.82) is 0 Å². The molecule has 0 atom stereocenters.